The average Bonchev–Trinajstić information content (AvgIpc) is 2.49. The third-order valence-electron chi connectivity index (χ3n) is 1.85. The highest BCUT2D eigenvalue weighted by Gasteiger charge is 2.08. The van der Waals surface area contributed by atoms with E-state index in [1.807, 2.05) is 12.1 Å². The highest BCUT2D eigenvalue weighted by molar-refractivity contribution is 9.10. The molecule has 13 heavy (non-hydrogen) atoms. The van der Waals surface area contributed by atoms with Gasteiger partial charge in [-0.1, -0.05) is 0 Å². The molecule has 0 unspecified atom stereocenters. The molecule has 68 valence electrons. The molecular formula is C9H7BrOS2. The number of halogens is 1. The largest absolute Gasteiger partial charge is 0.496 e. The van der Waals surface area contributed by atoms with Crippen molar-refractivity contribution in [3.8, 4) is 5.75 Å². The van der Waals surface area contributed by atoms with Gasteiger partial charge in [-0.15, -0.1) is 24.0 Å². The molecule has 0 saturated carbocycles. The monoisotopic (exact) mass is 274 g/mol. The Balaban J connectivity index is 2.83. The smallest absolute Gasteiger partial charge is 0.132 e. The Bertz CT molecular complexity index is 450. The van der Waals surface area contributed by atoms with Crippen LogP contribution in [0, 0.1) is 0 Å². The van der Waals surface area contributed by atoms with Crippen LogP contribution in [0.3, 0.4) is 0 Å². The molecule has 1 nitrogen and oxygen atoms in total. The predicted molar refractivity (Wildman–Crippen MR) is 63.3 cm³/mol. The summed E-state index contributed by atoms with van der Waals surface area (Å²) in [5.74, 6) is 0.815. The number of thiophene rings is 1. The van der Waals surface area contributed by atoms with Crippen molar-refractivity contribution in [2.45, 2.75) is 4.90 Å². The van der Waals surface area contributed by atoms with Gasteiger partial charge in [0, 0.05) is 19.9 Å². The van der Waals surface area contributed by atoms with Gasteiger partial charge in [-0.2, -0.15) is 0 Å². The Hall–Kier alpha value is -0.190. The lowest BCUT2D eigenvalue weighted by molar-refractivity contribution is 0.406. The number of rotatable bonds is 1. The normalized spacial score (nSPS) is 10.7. The van der Waals surface area contributed by atoms with Crippen molar-refractivity contribution in [1.82, 2.24) is 0 Å². The number of methoxy groups -OCH3 is 1. The van der Waals surface area contributed by atoms with E-state index in [-0.39, 0.29) is 0 Å². The van der Waals surface area contributed by atoms with Crippen molar-refractivity contribution in [2.75, 3.05) is 7.11 Å². The number of fused-ring (bicyclic) bond motifs is 1. The van der Waals surface area contributed by atoms with Crippen molar-refractivity contribution in [3.05, 3.63) is 22.0 Å². The molecule has 0 spiro atoms. The van der Waals surface area contributed by atoms with Gasteiger partial charge in [0.05, 0.1) is 12.0 Å². The third kappa shape index (κ3) is 1.47. The van der Waals surface area contributed by atoms with Crippen LogP contribution in [-0.4, -0.2) is 7.11 Å². The van der Waals surface area contributed by atoms with Gasteiger partial charge in [-0.3, -0.25) is 0 Å². The fourth-order valence-corrected chi connectivity index (χ4v) is 3.51. The molecule has 1 heterocycles. The maximum absolute atomic E-state index is 5.18. The van der Waals surface area contributed by atoms with E-state index in [0.29, 0.717) is 0 Å². The molecule has 1 aromatic carbocycles. The summed E-state index contributed by atoms with van der Waals surface area (Å²) in [5, 5.41) is 3.19. The molecule has 2 rings (SSSR count). The van der Waals surface area contributed by atoms with E-state index in [2.05, 4.69) is 33.9 Å². The van der Waals surface area contributed by atoms with E-state index in [1.54, 1.807) is 18.4 Å². The van der Waals surface area contributed by atoms with E-state index in [0.717, 1.165) is 20.5 Å². The highest BCUT2D eigenvalue weighted by atomic mass is 79.9. The van der Waals surface area contributed by atoms with Gasteiger partial charge in [0.25, 0.3) is 0 Å². The Morgan fingerprint density at radius 1 is 1.46 bits per heavy atom. The van der Waals surface area contributed by atoms with Crippen LogP contribution >= 0.6 is 39.9 Å². The summed E-state index contributed by atoms with van der Waals surface area (Å²) in [4.78, 5) is 0.896. The first kappa shape index (κ1) is 9.37. The van der Waals surface area contributed by atoms with Crippen LogP contribution in [0.5, 0.6) is 5.75 Å². The van der Waals surface area contributed by atoms with Crippen LogP contribution in [0.2, 0.25) is 0 Å². The zero-order chi connectivity index (χ0) is 9.42. The second-order valence-corrected chi connectivity index (χ2v) is 4.79. The summed E-state index contributed by atoms with van der Waals surface area (Å²) >= 11 is 9.61. The first-order valence-electron chi connectivity index (χ1n) is 3.66. The van der Waals surface area contributed by atoms with Gasteiger partial charge in [0.1, 0.15) is 5.75 Å². The summed E-state index contributed by atoms with van der Waals surface area (Å²) in [5.41, 5.74) is 0. The van der Waals surface area contributed by atoms with Crippen molar-refractivity contribution in [2.24, 2.45) is 0 Å². The zero-order valence-electron chi connectivity index (χ0n) is 6.87. The number of thiol groups is 1. The predicted octanol–water partition coefficient (Wildman–Crippen LogP) is 3.96. The molecule has 0 fully saturated rings. The summed E-state index contributed by atoms with van der Waals surface area (Å²) < 4.78 is 7.48. The highest BCUT2D eigenvalue weighted by Crippen LogP contribution is 2.39. The molecule has 1 aromatic heterocycles. The summed E-state index contributed by atoms with van der Waals surface area (Å²) in [6.07, 6.45) is 0. The van der Waals surface area contributed by atoms with Gasteiger partial charge < -0.3 is 4.74 Å². The van der Waals surface area contributed by atoms with Crippen molar-refractivity contribution >= 4 is 50.0 Å². The van der Waals surface area contributed by atoms with E-state index < -0.39 is 0 Å². The Morgan fingerprint density at radius 2 is 2.23 bits per heavy atom. The second kappa shape index (κ2) is 3.52. The maximum Gasteiger partial charge on any atom is 0.132 e. The van der Waals surface area contributed by atoms with Gasteiger partial charge >= 0.3 is 0 Å². The fourth-order valence-electron chi connectivity index (χ4n) is 1.22. The minimum atomic E-state index is 0.815. The Labute approximate surface area is 94.3 Å². The van der Waals surface area contributed by atoms with Crippen molar-refractivity contribution in [3.63, 3.8) is 0 Å². The summed E-state index contributed by atoms with van der Waals surface area (Å²) in [7, 11) is 1.65. The minimum absolute atomic E-state index is 0.815. The van der Waals surface area contributed by atoms with Crippen LogP contribution in [-0.2, 0) is 0 Å². The van der Waals surface area contributed by atoms with Crippen molar-refractivity contribution in [1.29, 1.82) is 0 Å². The molecule has 0 aliphatic carbocycles. The minimum Gasteiger partial charge on any atom is -0.496 e. The van der Waals surface area contributed by atoms with E-state index in [4.69, 9.17) is 4.74 Å². The third-order valence-corrected chi connectivity index (χ3v) is 4.17. The standard InChI is InChI=1S/C9H7BrOS2/c1-11-6-2-3-7-8(9(6)12)5(10)4-13-7/h2-4,12H,1H3. The van der Waals surface area contributed by atoms with Crippen LogP contribution in [0.15, 0.2) is 26.9 Å². The molecule has 0 atom stereocenters. The molecule has 0 saturated heterocycles. The van der Waals surface area contributed by atoms with E-state index in [9.17, 15) is 0 Å². The van der Waals surface area contributed by atoms with Gasteiger partial charge in [-0.25, -0.2) is 0 Å². The van der Waals surface area contributed by atoms with Crippen LogP contribution in [0.1, 0.15) is 0 Å². The first-order valence-corrected chi connectivity index (χ1v) is 5.78. The topological polar surface area (TPSA) is 9.23 Å². The quantitative estimate of drug-likeness (QED) is 0.775. The molecular weight excluding hydrogens is 268 g/mol. The molecule has 0 N–H and O–H groups in total. The van der Waals surface area contributed by atoms with Crippen LogP contribution < -0.4 is 4.74 Å². The number of ether oxygens (including phenoxy) is 1. The summed E-state index contributed by atoms with van der Waals surface area (Å²) in [6, 6.07) is 3.98. The first-order chi connectivity index (χ1) is 6.24. The van der Waals surface area contributed by atoms with E-state index in [1.165, 1.54) is 4.70 Å². The lowest BCUT2D eigenvalue weighted by Crippen LogP contribution is -1.83. The number of hydrogen-bond donors (Lipinski definition) is 1. The molecule has 0 aliphatic rings. The van der Waals surface area contributed by atoms with Crippen LogP contribution in [0.4, 0.5) is 0 Å². The molecule has 0 radical (unpaired) electrons. The van der Waals surface area contributed by atoms with Gasteiger partial charge in [-0.05, 0) is 28.1 Å². The SMILES string of the molecule is COc1ccc2scc(Br)c2c1S. The molecule has 0 amide bonds. The second-order valence-electron chi connectivity index (χ2n) is 2.57. The molecule has 0 aliphatic heterocycles. The average molecular weight is 275 g/mol. The Kier molecular flexibility index (Phi) is 2.53. The molecule has 2 aromatic rings. The summed E-state index contributed by atoms with van der Waals surface area (Å²) in [6.45, 7) is 0. The zero-order valence-corrected chi connectivity index (χ0v) is 10.2. The van der Waals surface area contributed by atoms with Crippen LogP contribution in [0.25, 0.3) is 10.1 Å². The lowest BCUT2D eigenvalue weighted by atomic mass is 10.2. The maximum atomic E-state index is 5.18. The fraction of sp³-hybridized carbons (Fsp3) is 0.111. The molecule has 0 bridgehead atoms. The number of benzene rings is 1. The molecule has 4 heteroatoms. The Morgan fingerprint density at radius 3 is 2.92 bits per heavy atom. The lowest BCUT2D eigenvalue weighted by Gasteiger charge is -2.04. The van der Waals surface area contributed by atoms with Crippen molar-refractivity contribution < 1.29 is 4.74 Å². The van der Waals surface area contributed by atoms with Gasteiger partial charge in [0.15, 0.2) is 0 Å². The van der Waals surface area contributed by atoms with E-state index >= 15 is 0 Å². The van der Waals surface area contributed by atoms with Gasteiger partial charge in [0.2, 0.25) is 0 Å². The number of hydrogen-bond acceptors (Lipinski definition) is 3.